The van der Waals surface area contributed by atoms with E-state index in [1.807, 2.05) is 48.5 Å². The van der Waals surface area contributed by atoms with Gasteiger partial charge in [-0.2, -0.15) is 0 Å². The fourth-order valence-corrected chi connectivity index (χ4v) is 3.45. The molecule has 0 spiro atoms. The van der Waals surface area contributed by atoms with E-state index in [1.54, 1.807) is 0 Å². The lowest BCUT2D eigenvalue weighted by molar-refractivity contribution is 0.309. The maximum Gasteiger partial charge on any atom is 0.134 e. The summed E-state index contributed by atoms with van der Waals surface area (Å²) in [6.07, 6.45) is 6.52. The fourth-order valence-electron chi connectivity index (χ4n) is 3.45. The van der Waals surface area contributed by atoms with Crippen LogP contribution in [0.2, 0.25) is 0 Å². The van der Waals surface area contributed by atoms with Crippen LogP contribution >= 0.6 is 0 Å². The molecule has 0 aliphatic carbocycles. The Bertz CT molecular complexity index is 800. The highest BCUT2D eigenvalue weighted by Gasteiger charge is 2.12. The second-order valence-corrected chi connectivity index (χ2v) is 8.20. The van der Waals surface area contributed by atoms with Crippen molar-refractivity contribution in [1.82, 2.24) is 10.6 Å². The maximum absolute atomic E-state index is 6.09. The highest BCUT2D eigenvalue weighted by atomic mass is 16.5. The lowest BCUT2D eigenvalue weighted by Crippen LogP contribution is -2.18. The molecule has 2 rings (SSSR count). The smallest absolute Gasteiger partial charge is 0.134 e. The summed E-state index contributed by atoms with van der Waals surface area (Å²) in [5, 5.41) is 6.83. The van der Waals surface area contributed by atoms with E-state index in [9.17, 15) is 0 Å². The minimum Gasteiger partial charge on any atom is -0.493 e. The molecule has 0 aliphatic rings. The van der Waals surface area contributed by atoms with Crippen molar-refractivity contribution in [2.24, 2.45) is 5.73 Å². The number of benzene rings is 1. The largest absolute Gasteiger partial charge is 0.493 e. The monoisotopic (exact) mass is 533 g/mol. The topological polar surface area (TPSA) is 72.5 Å². The van der Waals surface area contributed by atoms with E-state index in [1.165, 1.54) is 18.4 Å². The van der Waals surface area contributed by atoms with Crippen LogP contribution in [0.3, 0.4) is 0 Å². The van der Waals surface area contributed by atoms with Crippen molar-refractivity contribution in [1.29, 1.82) is 0 Å². The molecule has 0 amide bonds. The Kier molecular flexibility index (Phi) is 29.4. The number of aryl methyl sites for hydroxylation is 2. The van der Waals surface area contributed by atoms with Gasteiger partial charge in [0.05, 0.1) is 6.61 Å². The molecule has 0 saturated heterocycles. The first kappa shape index (κ1) is 40.3. The van der Waals surface area contributed by atoms with E-state index in [0.717, 1.165) is 79.4 Å². The number of unbranched alkanes of at least 4 members (excludes halogenated alkanes) is 2. The molecule has 0 saturated carbocycles. The molecular weight excluding hydrogens is 470 g/mol. The lowest BCUT2D eigenvalue weighted by atomic mass is 10.1. The van der Waals surface area contributed by atoms with E-state index in [2.05, 4.69) is 55.3 Å². The lowest BCUT2D eigenvalue weighted by Gasteiger charge is -2.14. The minimum atomic E-state index is 0. The normalized spacial score (nSPS) is 9.42. The Morgan fingerprint density at radius 3 is 2.21 bits per heavy atom. The molecule has 1 aromatic carbocycles. The van der Waals surface area contributed by atoms with Crippen molar-refractivity contribution in [3.05, 3.63) is 53.4 Å². The Balaban J connectivity index is -0.00000163. The molecule has 222 valence electrons. The minimum absolute atomic E-state index is 0. The number of hydrogen-bond donors (Lipinski definition) is 3. The number of furan rings is 1. The van der Waals surface area contributed by atoms with Crippen molar-refractivity contribution in [3.8, 4) is 17.1 Å². The van der Waals surface area contributed by atoms with Crippen molar-refractivity contribution in [2.45, 2.75) is 115 Å². The quantitative estimate of drug-likeness (QED) is 0.188. The molecule has 0 bridgehead atoms. The first-order chi connectivity index (χ1) is 18.0. The highest BCUT2D eigenvalue weighted by Crippen LogP contribution is 2.30. The molecular formula is C33H63N3O2. The Labute approximate surface area is 237 Å². The van der Waals surface area contributed by atoms with Crippen molar-refractivity contribution >= 4 is 0 Å². The number of ether oxygens (including phenoxy) is 1. The SMILES string of the molecule is C.C=C(C)NCCCCNCc1cc(-c2cc(CCCC)c(C)o2)ccc1OCCCN.CC.CC.CC. The van der Waals surface area contributed by atoms with Gasteiger partial charge < -0.3 is 25.5 Å². The summed E-state index contributed by atoms with van der Waals surface area (Å²) in [6, 6.07) is 8.53. The van der Waals surface area contributed by atoms with Crippen molar-refractivity contribution in [2.75, 3.05) is 26.2 Å². The van der Waals surface area contributed by atoms with Gasteiger partial charge >= 0.3 is 0 Å². The number of nitrogens with two attached hydrogens (primary N) is 1. The molecule has 0 unspecified atom stereocenters. The van der Waals surface area contributed by atoms with Gasteiger partial charge in [-0.05, 0) is 88.9 Å². The molecule has 0 atom stereocenters. The zero-order valence-corrected chi connectivity index (χ0v) is 25.7. The predicted molar refractivity (Wildman–Crippen MR) is 171 cm³/mol. The summed E-state index contributed by atoms with van der Waals surface area (Å²) >= 11 is 0. The maximum atomic E-state index is 6.09. The second kappa shape index (κ2) is 27.8. The molecule has 4 N–H and O–H groups in total. The average Bonchev–Trinajstić information content (AvgIpc) is 3.31. The van der Waals surface area contributed by atoms with Crippen LogP contribution < -0.4 is 21.1 Å². The molecule has 38 heavy (non-hydrogen) atoms. The van der Waals surface area contributed by atoms with Gasteiger partial charge in [-0.1, -0.05) is 68.9 Å². The molecule has 2 aromatic rings. The molecule has 1 aromatic heterocycles. The van der Waals surface area contributed by atoms with Gasteiger partial charge in [-0.25, -0.2) is 0 Å². The van der Waals surface area contributed by atoms with Gasteiger partial charge in [0.1, 0.15) is 17.3 Å². The third kappa shape index (κ3) is 17.3. The summed E-state index contributed by atoms with van der Waals surface area (Å²) in [5.41, 5.74) is 10.2. The summed E-state index contributed by atoms with van der Waals surface area (Å²) in [7, 11) is 0. The van der Waals surface area contributed by atoms with Gasteiger partial charge in [0.15, 0.2) is 0 Å². The van der Waals surface area contributed by atoms with E-state index in [0.29, 0.717) is 13.2 Å². The molecule has 5 heteroatoms. The van der Waals surface area contributed by atoms with Crippen LogP contribution in [-0.4, -0.2) is 26.2 Å². The highest BCUT2D eigenvalue weighted by molar-refractivity contribution is 5.62. The first-order valence-corrected chi connectivity index (χ1v) is 14.7. The fraction of sp³-hybridized carbons (Fsp3) is 0.636. The van der Waals surface area contributed by atoms with E-state index >= 15 is 0 Å². The predicted octanol–water partition coefficient (Wildman–Crippen LogP) is 9.03. The zero-order valence-electron chi connectivity index (χ0n) is 25.7. The molecule has 0 radical (unpaired) electrons. The average molecular weight is 534 g/mol. The standard InChI is InChI=1S/C26H41N3O2.3C2H6.CH4/c1-5-6-10-22-18-26(31-21(22)4)23-11-12-25(30-16-9-13-27)24(17-23)19-28-14-7-8-15-29-20(2)3;3*1-2;/h11-12,17-18,28-29H,2,5-10,13-16,19,27H2,1,3-4H3;3*1-2H3;1H4. The van der Waals surface area contributed by atoms with Crippen molar-refractivity contribution in [3.63, 3.8) is 0 Å². The summed E-state index contributed by atoms with van der Waals surface area (Å²) in [4.78, 5) is 0. The summed E-state index contributed by atoms with van der Waals surface area (Å²) < 4.78 is 12.1. The van der Waals surface area contributed by atoms with Gasteiger partial charge in [0.2, 0.25) is 0 Å². The van der Waals surface area contributed by atoms with E-state index in [-0.39, 0.29) is 7.43 Å². The van der Waals surface area contributed by atoms with Crippen LogP contribution in [0.4, 0.5) is 0 Å². The van der Waals surface area contributed by atoms with Crippen LogP contribution in [0.5, 0.6) is 5.75 Å². The summed E-state index contributed by atoms with van der Waals surface area (Å²) in [6.45, 7) is 26.1. The number of allylic oxidation sites excluding steroid dienone is 1. The number of hydrogen-bond acceptors (Lipinski definition) is 5. The van der Waals surface area contributed by atoms with Gasteiger partial charge in [-0.15, -0.1) is 0 Å². The van der Waals surface area contributed by atoms with Crippen LogP contribution in [0, 0.1) is 6.92 Å². The Morgan fingerprint density at radius 1 is 0.947 bits per heavy atom. The van der Waals surface area contributed by atoms with Gasteiger partial charge in [0, 0.05) is 29.9 Å². The molecule has 0 aliphatic heterocycles. The molecule has 1 heterocycles. The Hall–Kier alpha value is -2.24. The number of nitrogens with one attached hydrogen (secondary N) is 2. The third-order valence-corrected chi connectivity index (χ3v) is 5.29. The van der Waals surface area contributed by atoms with E-state index in [4.69, 9.17) is 14.9 Å². The number of rotatable bonds is 16. The first-order valence-electron chi connectivity index (χ1n) is 14.7. The van der Waals surface area contributed by atoms with Gasteiger partial charge in [-0.3, -0.25) is 0 Å². The summed E-state index contributed by atoms with van der Waals surface area (Å²) in [5.74, 6) is 2.88. The Morgan fingerprint density at radius 2 is 1.61 bits per heavy atom. The van der Waals surface area contributed by atoms with Crippen LogP contribution in [-0.2, 0) is 13.0 Å². The zero-order chi connectivity index (χ0) is 28.5. The molecule has 0 fully saturated rings. The van der Waals surface area contributed by atoms with E-state index < -0.39 is 0 Å². The van der Waals surface area contributed by atoms with Gasteiger partial charge in [0.25, 0.3) is 0 Å². The van der Waals surface area contributed by atoms with Crippen LogP contribution in [0.15, 0.2) is 41.0 Å². The second-order valence-electron chi connectivity index (χ2n) is 8.20. The van der Waals surface area contributed by atoms with Crippen LogP contribution in [0.1, 0.15) is 112 Å². The molecule has 5 nitrogen and oxygen atoms in total. The van der Waals surface area contributed by atoms with Crippen molar-refractivity contribution < 1.29 is 9.15 Å². The van der Waals surface area contributed by atoms with Crippen LogP contribution in [0.25, 0.3) is 11.3 Å². The third-order valence-electron chi connectivity index (χ3n) is 5.29.